The maximum absolute atomic E-state index is 15.7. The maximum atomic E-state index is 15.7. The van der Waals surface area contributed by atoms with Crippen molar-refractivity contribution < 1.29 is 44.0 Å². The predicted octanol–water partition coefficient (Wildman–Crippen LogP) is 0.738. The highest BCUT2D eigenvalue weighted by Gasteiger charge is 2.64. The van der Waals surface area contributed by atoms with E-state index in [9.17, 15) is 39.6 Å². The molecule has 4 rings (SSSR count). The molecule has 3 aliphatic carbocycles. The van der Waals surface area contributed by atoms with Gasteiger partial charge in [0.05, 0.1) is 23.8 Å². The van der Waals surface area contributed by atoms with Gasteiger partial charge in [0.2, 0.25) is 11.7 Å². The molecule has 0 unspecified atom stereocenters. The first-order valence-corrected chi connectivity index (χ1v) is 13.1. The summed E-state index contributed by atoms with van der Waals surface area (Å²) in [6, 6.07) is -1.24. The van der Waals surface area contributed by atoms with Crippen molar-refractivity contribution in [2.45, 2.75) is 57.7 Å². The largest absolute Gasteiger partial charge is 0.508 e. The number of amides is 2. The van der Waals surface area contributed by atoms with Crippen LogP contribution in [0.2, 0.25) is 0 Å². The second-order valence-corrected chi connectivity index (χ2v) is 12.1. The van der Waals surface area contributed by atoms with Crippen LogP contribution in [0.5, 0.6) is 5.75 Å². The van der Waals surface area contributed by atoms with Gasteiger partial charge in [0.1, 0.15) is 22.9 Å². The van der Waals surface area contributed by atoms with Crippen molar-refractivity contribution in [2.75, 3.05) is 26.0 Å². The molecule has 0 heterocycles. The first kappa shape index (κ1) is 30.2. The molecule has 0 saturated heterocycles. The topological polar surface area (TPSA) is 203 Å². The van der Waals surface area contributed by atoms with Crippen LogP contribution in [0.25, 0.3) is 5.76 Å². The number of ketones is 2. The van der Waals surface area contributed by atoms with Crippen LogP contribution in [0.3, 0.4) is 0 Å². The van der Waals surface area contributed by atoms with Crippen molar-refractivity contribution in [2.24, 2.45) is 17.6 Å². The highest BCUT2D eigenvalue weighted by molar-refractivity contribution is 6.24. The third-order valence-corrected chi connectivity index (χ3v) is 8.10. The number of nitrogens with one attached hydrogen (secondary N) is 2. The van der Waals surface area contributed by atoms with Gasteiger partial charge in [-0.3, -0.25) is 24.1 Å². The fourth-order valence-electron chi connectivity index (χ4n) is 6.15. The van der Waals surface area contributed by atoms with Crippen LogP contribution in [-0.4, -0.2) is 86.5 Å². The summed E-state index contributed by atoms with van der Waals surface area (Å²) in [6.07, 6.45) is -0.365. The van der Waals surface area contributed by atoms with Gasteiger partial charge in [-0.1, -0.05) is 0 Å². The van der Waals surface area contributed by atoms with Gasteiger partial charge in [-0.05, 0) is 60.5 Å². The Hall–Kier alpha value is -3.81. The number of fused-ring (bicyclic) bond motifs is 3. The number of Topliss-reactive ketones (excluding diaryl/α,β-unsaturated/α-hetero) is 2. The van der Waals surface area contributed by atoms with E-state index in [1.165, 1.54) is 25.9 Å². The molecule has 0 spiro atoms. The monoisotopic (exact) mass is 574 g/mol. The lowest BCUT2D eigenvalue weighted by atomic mass is 9.57. The fraction of sp³-hybridized carbons (Fsp3) is 0.500. The molecule has 1 aromatic carbocycles. The van der Waals surface area contributed by atoms with Crippen molar-refractivity contribution >= 4 is 34.8 Å². The summed E-state index contributed by atoms with van der Waals surface area (Å²) in [5.74, 6) is -9.78. The number of aliphatic hydroxyl groups excluding tert-OH is 2. The molecule has 0 aliphatic heterocycles. The predicted molar refractivity (Wildman–Crippen MR) is 145 cm³/mol. The number of halogens is 1. The molecule has 222 valence electrons. The Bertz CT molecular complexity index is 1460. The Morgan fingerprint density at radius 1 is 1.17 bits per heavy atom. The minimum atomic E-state index is -2.81. The summed E-state index contributed by atoms with van der Waals surface area (Å²) < 4.78 is 15.7. The normalized spacial score (nSPS) is 26.1. The number of likely N-dealkylation sites (N-methyl/N-ethyl adjacent to an activating group) is 1. The van der Waals surface area contributed by atoms with Crippen LogP contribution >= 0.6 is 0 Å². The second kappa shape index (κ2) is 9.93. The number of aromatic hydroxyl groups is 1. The molecular formula is C28H35FN4O8. The van der Waals surface area contributed by atoms with Crippen molar-refractivity contribution in [1.82, 2.24) is 10.2 Å². The smallest absolute Gasteiger partial charge is 0.255 e. The average Bonchev–Trinajstić information content (AvgIpc) is 2.85. The summed E-state index contributed by atoms with van der Waals surface area (Å²) in [4.78, 5) is 53.1. The van der Waals surface area contributed by atoms with Gasteiger partial charge in [0.15, 0.2) is 17.1 Å². The van der Waals surface area contributed by atoms with Crippen molar-refractivity contribution in [1.29, 1.82) is 0 Å². The molecule has 8 N–H and O–H groups in total. The number of rotatable bonds is 5. The van der Waals surface area contributed by atoms with E-state index >= 15 is 4.39 Å². The van der Waals surface area contributed by atoms with Crippen LogP contribution in [0, 0.1) is 24.6 Å². The van der Waals surface area contributed by atoms with Gasteiger partial charge in [0, 0.05) is 28.2 Å². The third kappa shape index (κ3) is 4.57. The maximum Gasteiger partial charge on any atom is 0.255 e. The first-order chi connectivity index (χ1) is 18.8. The molecule has 41 heavy (non-hydrogen) atoms. The number of phenolic OH excluding ortho intramolecular Hbond substituents is 1. The minimum absolute atomic E-state index is 0.0917. The Labute approximate surface area is 235 Å². The summed E-state index contributed by atoms with van der Waals surface area (Å²) >= 11 is 0. The standard InChI is InChI=1S/C28H35FN4O8/c1-10-18(29)12-7-11-8-13-20(33(5)6)23(37)17(26(30)40)25(39)28(13,41)24(38)15(11)21(35)16(12)22(36)19(10)32-14(34)9-31-27(2,3)4/h11,13,20,31,35-36,39,41H,7-9H2,1-6H3,(H2,30,40)(H,32,34)/t11-,13-,20-,28-/m0/s1. The molecule has 1 aromatic rings. The van der Waals surface area contributed by atoms with Gasteiger partial charge in [-0.2, -0.15) is 0 Å². The van der Waals surface area contributed by atoms with E-state index in [-0.39, 0.29) is 36.2 Å². The molecule has 1 saturated carbocycles. The van der Waals surface area contributed by atoms with E-state index in [1.54, 1.807) is 0 Å². The molecular weight excluding hydrogens is 539 g/mol. The number of benzene rings is 1. The Balaban J connectivity index is 1.87. The summed E-state index contributed by atoms with van der Waals surface area (Å²) in [5.41, 5.74) is -0.187. The fourth-order valence-corrected chi connectivity index (χ4v) is 6.15. The molecule has 13 heteroatoms. The molecule has 3 aliphatic rings. The number of phenols is 1. The molecule has 0 aromatic heterocycles. The zero-order chi connectivity index (χ0) is 30.9. The third-order valence-electron chi connectivity index (χ3n) is 8.10. The number of carbonyl (C=O) groups excluding carboxylic acids is 4. The number of hydrogen-bond acceptors (Lipinski definition) is 10. The Morgan fingerprint density at radius 2 is 1.78 bits per heavy atom. The summed E-state index contributed by atoms with van der Waals surface area (Å²) in [5, 5.41) is 50.4. The number of nitrogens with two attached hydrogens (primary N) is 1. The highest BCUT2D eigenvalue weighted by atomic mass is 19.1. The number of nitrogens with zero attached hydrogens (tertiary/aromatic N) is 1. The molecule has 4 atom stereocenters. The zero-order valence-corrected chi connectivity index (χ0v) is 23.7. The summed E-state index contributed by atoms with van der Waals surface area (Å²) in [6.45, 7) is 6.70. The second-order valence-electron chi connectivity index (χ2n) is 12.1. The van der Waals surface area contributed by atoms with Gasteiger partial charge in [-0.25, -0.2) is 4.39 Å². The quantitative estimate of drug-likeness (QED) is 0.194. The van der Waals surface area contributed by atoms with Crippen LogP contribution in [0.4, 0.5) is 10.1 Å². The lowest BCUT2D eigenvalue weighted by Crippen LogP contribution is -2.65. The van der Waals surface area contributed by atoms with E-state index in [1.807, 2.05) is 20.8 Å². The van der Waals surface area contributed by atoms with Crippen molar-refractivity contribution in [3.05, 3.63) is 39.4 Å². The van der Waals surface area contributed by atoms with E-state index in [0.717, 1.165) is 0 Å². The zero-order valence-electron chi connectivity index (χ0n) is 23.7. The van der Waals surface area contributed by atoms with E-state index in [0.29, 0.717) is 0 Å². The van der Waals surface area contributed by atoms with Crippen LogP contribution in [-0.2, 0) is 25.6 Å². The van der Waals surface area contributed by atoms with Gasteiger partial charge >= 0.3 is 0 Å². The van der Waals surface area contributed by atoms with E-state index < -0.39 is 92.2 Å². The van der Waals surface area contributed by atoms with Gasteiger partial charge in [0.25, 0.3) is 5.91 Å². The van der Waals surface area contributed by atoms with E-state index in [2.05, 4.69) is 10.6 Å². The highest BCUT2D eigenvalue weighted by Crippen LogP contribution is 2.54. The lowest BCUT2D eigenvalue weighted by molar-refractivity contribution is -0.153. The van der Waals surface area contributed by atoms with Gasteiger partial charge < -0.3 is 36.8 Å². The molecule has 1 fully saturated rings. The molecule has 0 radical (unpaired) electrons. The van der Waals surface area contributed by atoms with E-state index in [4.69, 9.17) is 5.73 Å². The number of primary amides is 1. The minimum Gasteiger partial charge on any atom is -0.508 e. The first-order valence-electron chi connectivity index (χ1n) is 13.1. The Morgan fingerprint density at radius 3 is 2.32 bits per heavy atom. The number of anilines is 1. The van der Waals surface area contributed by atoms with Gasteiger partial charge in [-0.15, -0.1) is 0 Å². The Kier molecular flexibility index (Phi) is 7.30. The average molecular weight is 575 g/mol. The lowest BCUT2D eigenvalue weighted by Gasteiger charge is -2.50. The number of aliphatic hydroxyl groups is 3. The number of hydrogen-bond donors (Lipinski definition) is 7. The number of carbonyl (C=O) groups is 4. The molecule has 2 amide bonds. The van der Waals surface area contributed by atoms with Crippen molar-refractivity contribution in [3.8, 4) is 5.75 Å². The van der Waals surface area contributed by atoms with Crippen LogP contribution < -0.4 is 16.4 Å². The van der Waals surface area contributed by atoms with Crippen molar-refractivity contribution in [3.63, 3.8) is 0 Å². The van der Waals surface area contributed by atoms with Crippen LogP contribution in [0.1, 0.15) is 43.9 Å². The summed E-state index contributed by atoms with van der Waals surface area (Å²) in [7, 11) is 2.97. The molecule has 12 nitrogen and oxygen atoms in total. The molecule has 0 bridgehead atoms. The SMILES string of the molecule is Cc1c(F)c2c(c(O)c1NC(=O)CNC(C)(C)C)C(O)=C1C(=O)[C@]3(O)C(O)=C(C(N)=O)C(=O)[C@@H](N(C)C)[C@@H]3C[C@@H]1C2. The van der Waals surface area contributed by atoms with Crippen LogP contribution in [0.15, 0.2) is 16.9 Å².